The zero-order chi connectivity index (χ0) is 16.2. The van der Waals surface area contributed by atoms with E-state index < -0.39 is 0 Å². The van der Waals surface area contributed by atoms with Crippen molar-refractivity contribution in [3.8, 4) is 0 Å². The van der Waals surface area contributed by atoms with Gasteiger partial charge in [-0.3, -0.25) is 9.59 Å². The van der Waals surface area contributed by atoms with Gasteiger partial charge in [0.15, 0.2) is 0 Å². The van der Waals surface area contributed by atoms with Crippen molar-refractivity contribution in [2.45, 2.75) is 13.5 Å². The number of H-pyrrole nitrogens is 1. The molecule has 5 nitrogen and oxygen atoms in total. The van der Waals surface area contributed by atoms with Gasteiger partial charge >= 0.3 is 0 Å². The molecule has 0 unspecified atom stereocenters. The Morgan fingerprint density at radius 1 is 1.35 bits per heavy atom. The van der Waals surface area contributed by atoms with Crippen LogP contribution in [0.15, 0.2) is 47.5 Å². The lowest BCUT2D eigenvalue weighted by atomic mass is 10.1. The molecule has 23 heavy (non-hydrogen) atoms. The van der Waals surface area contributed by atoms with Crippen LogP contribution in [-0.2, 0) is 11.3 Å². The third-order valence-corrected chi connectivity index (χ3v) is 4.37. The van der Waals surface area contributed by atoms with E-state index in [1.807, 2.05) is 31.2 Å². The number of hydrogen-bond donors (Lipinski definition) is 2. The maximum absolute atomic E-state index is 11.9. The molecule has 3 rings (SSSR count). The Bertz CT molecular complexity index is 923. The molecule has 0 bridgehead atoms. The molecule has 0 fully saturated rings. The molecule has 6 heteroatoms. The molecule has 0 aliphatic heterocycles. The number of nitrogens with one attached hydrogen (secondary N) is 2. The van der Waals surface area contributed by atoms with Crippen molar-refractivity contribution in [2.75, 3.05) is 0 Å². The largest absolute Gasteiger partial charge is 0.348 e. The SMILES string of the molecule is Cc1ccc(/C=C/C(=O)NCc2cc3c(=O)[nH]cnc3s2)cc1. The van der Waals surface area contributed by atoms with Crippen LogP contribution in [0.25, 0.3) is 16.3 Å². The van der Waals surface area contributed by atoms with Crippen molar-refractivity contribution in [1.82, 2.24) is 15.3 Å². The van der Waals surface area contributed by atoms with Crippen molar-refractivity contribution >= 4 is 33.5 Å². The van der Waals surface area contributed by atoms with E-state index in [2.05, 4.69) is 15.3 Å². The molecular formula is C17H15N3O2S. The number of aryl methyl sites for hydroxylation is 1. The van der Waals surface area contributed by atoms with Gasteiger partial charge < -0.3 is 10.3 Å². The van der Waals surface area contributed by atoms with Crippen LogP contribution in [0.2, 0.25) is 0 Å². The maximum Gasteiger partial charge on any atom is 0.259 e. The van der Waals surface area contributed by atoms with Crippen molar-refractivity contribution < 1.29 is 4.79 Å². The summed E-state index contributed by atoms with van der Waals surface area (Å²) in [5, 5.41) is 3.36. The average molecular weight is 325 g/mol. The number of thiophene rings is 1. The van der Waals surface area contributed by atoms with Gasteiger partial charge in [0.25, 0.3) is 5.56 Å². The molecule has 0 atom stereocenters. The van der Waals surface area contributed by atoms with Crippen LogP contribution in [0, 0.1) is 6.92 Å². The highest BCUT2D eigenvalue weighted by Crippen LogP contribution is 2.20. The highest BCUT2D eigenvalue weighted by atomic mass is 32.1. The first-order chi connectivity index (χ1) is 11.1. The second-order valence-electron chi connectivity index (χ2n) is 5.13. The number of aromatic amines is 1. The van der Waals surface area contributed by atoms with Crippen molar-refractivity contribution in [3.63, 3.8) is 0 Å². The van der Waals surface area contributed by atoms with Crippen LogP contribution < -0.4 is 10.9 Å². The zero-order valence-electron chi connectivity index (χ0n) is 12.5. The number of carbonyl (C=O) groups excluding carboxylic acids is 1. The lowest BCUT2D eigenvalue weighted by molar-refractivity contribution is -0.116. The summed E-state index contributed by atoms with van der Waals surface area (Å²) in [5.74, 6) is -0.176. The Morgan fingerprint density at radius 2 is 2.13 bits per heavy atom. The van der Waals surface area contributed by atoms with Gasteiger partial charge in [0, 0.05) is 11.0 Å². The number of fused-ring (bicyclic) bond motifs is 1. The second kappa shape index (κ2) is 6.58. The third-order valence-electron chi connectivity index (χ3n) is 3.33. The summed E-state index contributed by atoms with van der Waals surface area (Å²) < 4.78 is 0. The van der Waals surface area contributed by atoms with Crippen molar-refractivity contribution in [2.24, 2.45) is 0 Å². The van der Waals surface area contributed by atoms with Crippen LogP contribution in [0.3, 0.4) is 0 Å². The van der Waals surface area contributed by atoms with Crippen molar-refractivity contribution in [1.29, 1.82) is 0 Å². The summed E-state index contributed by atoms with van der Waals surface area (Å²) in [6.45, 7) is 2.39. The number of hydrogen-bond acceptors (Lipinski definition) is 4. The van der Waals surface area contributed by atoms with Gasteiger partial charge in [-0.05, 0) is 24.6 Å². The number of carbonyl (C=O) groups is 1. The van der Waals surface area contributed by atoms with Crippen LogP contribution in [0.4, 0.5) is 0 Å². The zero-order valence-corrected chi connectivity index (χ0v) is 13.3. The molecule has 2 heterocycles. The second-order valence-corrected chi connectivity index (χ2v) is 6.24. The van der Waals surface area contributed by atoms with Gasteiger partial charge in [-0.2, -0.15) is 0 Å². The summed E-state index contributed by atoms with van der Waals surface area (Å²) in [6.07, 6.45) is 4.66. The normalized spacial score (nSPS) is 11.2. The predicted octanol–water partition coefficient (Wildman–Crippen LogP) is 2.62. The highest BCUT2D eigenvalue weighted by Gasteiger charge is 2.06. The van der Waals surface area contributed by atoms with Gasteiger partial charge in [-0.15, -0.1) is 11.3 Å². The van der Waals surface area contributed by atoms with Crippen molar-refractivity contribution in [3.05, 3.63) is 69.1 Å². The summed E-state index contributed by atoms with van der Waals surface area (Å²) in [4.78, 5) is 31.7. The third kappa shape index (κ3) is 3.73. The molecule has 0 spiro atoms. The van der Waals surface area contributed by atoms with E-state index in [4.69, 9.17) is 0 Å². The number of rotatable bonds is 4. The maximum atomic E-state index is 11.9. The number of aromatic nitrogens is 2. The average Bonchev–Trinajstić information content (AvgIpc) is 2.97. The van der Waals surface area contributed by atoms with E-state index in [0.29, 0.717) is 16.8 Å². The quantitative estimate of drug-likeness (QED) is 0.724. The summed E-state index contributed by atoms with van der Waals surface area (Å²) in [5.41, 5.74) is 1.99. The topological polar surface area (TPSA) is 74.8 Å². The molecule has 0 saturated carbocycles. The number of benzene rings is 1. The lowest BCUT2D eigenvalue weighted by Gasteiger charge is -1.99. The molecule has 0 aliphatic carbocycles. The molecular weight excluding hydrogens is 310 g/mol. The Kier molecular flexibility index (Phi) is 4.34. The van der Waals surface area contributed by atoms with E-state index in [1.54, 1.807) is 12.1 Å². The van der Waals surface area contributed by atoms with Gasteiger partial charge in [-0.1, -0.05) is 29.8 Å². The molecule has 0 aliphatic rings. The molecule has 1 amide bonds. The first-order valence-electron chi connectivity index (χ1n) is 7.10. The lowest BCUT2D eigenvalue weighted by Crippen LogP contribution is -2.19. The van der Waals surface area contributed by atoms with Crippen LogP contribution in [0.1, 0.15) is 16.0 Å². The van der Waals surface area contributed by atoms with E-state index in [0.717, 1.165) is 10.4 Å². The first kappa shape index (κ1) is 15.2. The smallest absolute Gasteiger partial charge is 0.259 e. The van der Waals surface area contributed by atoms with Crippen LogP contribution in [-0.4, -0.2) is 15.9 Å². The fraction of sp³-hybridized carbons (Fsp3) is 0.118. The Hall–Kier alpha value is -2.73. The van der Waals surface area contributed by atoms with E-state index in [-0.39, 0.29) is 11.5 Å². The monoisotopic (exact) mass is 325 g/mol. The minimum Gasteiger partial charge on any atom is -0.348 e. The summed E-state index contributed by atoms with van der Waals surface area (Å²) in [6, 6.07) is 9.68. The van der Waals surface area contributed by atoms with Crippen LogP contribution >= 0.6 is 11.3 Å². The van der Waals surface area contributed by atoms with E-state index in [1.165, 1.54) is 29.3 Å². The van der Waals surface area contributed by atoms with Gasteiger partial charge in [0.2, 0.25) is 5.91 Å². The molecule has 1 aromatic carbocycles. The first-order valence-corrected chi connectivity index (χ1v) is 7.92. The molecule has 2 aromatic heterocycles. The fourth-order valence-corrected chi connectivity index (χ4v) is 3.02. The summed E-state index contributed by atoms with van der Waals surface area (Å²) >= 11 is 1.40. The Morgan fingerprint density at radius 3 is 2.87 bits per heavy atom. The minimum absolute atomic E-state index is 0.164. The minimum atomic E-state index is -0.176. The van der Waals surface area contributed by atoms with E-state index >= 15 is 0 Å². The predicted molar refractivity (Wildman–Crippen MR) is 92.3 cm³/mol. The molecule has 0 saturated heterocycles. The van der Waals surface area contributed by atoms with Gasteiger partial charge in [0.05, 0.1) is 18.3 Å². The molecule has 3 aromatic rings. The number of amides is 1. The molecule has 0 radical (unpaired) electrons. The van der Waals surface area contributed by atoms with E-state index in [9.17, 15) is 9.59 Å². The standard InChI is InChI=1S/C17H15N3O2S/c1-11-2-4-12(5-3-11)6-7-15(21)18-9-13-8-14-16(22)19-10-20-17(14)23-13/h2-8,10H,9H2,1H3,(H,18,21)(H,19,20,22)/b7-6+. The highest BCUT2D eigenvalue weighted by molar-refractivity contribution is 7.18. The Labute approximate surface area is 136 Å². The fourth-order valence-electron chi connectivity index (χ4n) is 2.09. The number of nitrogens with zero attached hydrogens (tertiary/aromatic N) is 1. The Balaban J connectivity index is 1.62. The van der Waals surface area contributed by atoms with Gasteiger partial charge in [-0.25, -0.2) is 4.98 Å². The molecule has 2 N–H and O–H groups in total. The van der Waals surface area contributed by atoms with Gasteiger partial charge in [0.1, 0.15) is 4.83 Å². The summed E-state index contributed by atoms with van der Waals surface area (Å²) in [7, 11) is 0. The van der Waals surface area contributed by atoms with Crippen LogP contribution in [0.5, 0.6) is 0 Å². The molecule has 116 valence electrons.